The third-order valence-electron chi connectivity index (χ3n) is 2.84. The van der Waals surface area contributed by atoms with Gasteiger partial charge in [0.05, 0.1) is 11.4 Å². The first-order valence-corrected chi connectivity index (χ1v) is 7.52. The zero-order valence-electron chi connectivity index (χ0n) is 10.4. The molecule has 2 aromatic rings. The molecule has 0 aliphatic carbocycles. The first kappa shape index (κ1) is 13.5. The zero-order chi connectivity index (χ0) is 14.0. The lowest BCUT2D eigenvalue weighted by Crippen LogP contribution is -2.30. The van der Waals surface area contributed by atoms with Gasteiger partial charge in [0.25, 0.3) is 0 Å². The molecule has 2 aromatic heterocycles. The predicted molar refractivity (Wildman–Crippen MR) is 69.5 cm³/mol. The third-order valence-corrected chi connectivity index (χ3v) is 4.94. The highest BCUT2D eigenvalue weighted by atomic mass is 32.2. The van der Waals surface area contributed by atoms with E-state index in [0.29, 0.717) is 11.3 Å². The number of carbonyl (C=O) groups is 1. The van der Waals surface area contributed by atoms with E-state index < -0.39 is 21.1 Å². The molecule has 102 valence electrons. The van der Waals surface area contributed by atoms with Crippen LogP contribution in [-0.2, 0) is 20.4 Å². The number of nitrogens with zero attached hydrogens (tertiary/aromatic N) is 2. The summed E-state index contributed by atoms with van der Waals surface area (Å²) < 4.78 is 25.7. The van der Waals surface area contributed by atoms with E-state index in [1.807, 2.05) is 0 Å². The van der Waals surface area contributed by atoms with Crippen molar-refractivity contribution >= 4 is 21.5 Å². The van der Waals surface area contributed by atoms with Gasteiger partial charge >= 0.3 is 5.97 Å². The van der Waals surface area contributed by atoms with Crippen molar-refractivity contribution in [2.45, 2.75) is 24.3 Å². The van der Waals surface area contributed by atoms with E-state index in [1.165, 1.54) is 0 Å². The van der Waals surface area contributed by atoms with E-state index in [-0.39, 0.29) is 12.2 Å². The number of fused-ring (bicyclic) bond motifs is 1. The Balaban J connectivity index is 2.31. The van der Waals surface area contributed by atoms with Crippen LogP contribution in [0.15, 0.2) is 30.6 Å². The first-order chi connectivity index (χ1) is 8.94. The highest BCUT2D eigenvalue weighted by Crippen LogP contribution is 2.14. The van der Waals surface area contributed by atoms with E-state index in [1.54, 1.807) is 41.9 Å². The van der Waals surface area contributed by atoms with Crippen LogP contribution in [0.1, 0.15) is 19.0 Å². The number of carboxylic acid groups (broad SMARTS) is 1. The lowest BCUT2D eigenvalue weighted by atomic mass is 10.3. The Labute approximate surface area is 110 Å². The molecule has 0 saturated heterocycles. The van der Waals surface area contributed by atoms with Gasteiger partial charge in [-0.25, -0.2) is 13.4 Å². The molecule has 19 heavy (non-hydrogen) atoms. The predicted octanol–water partition coefficient (Wildman–Crippen LogP) is 1.11. The molecule has 0 spiro atoms. The molecule has 2 rings (SSSR count). The van der Waals surface area contributed by atoms with Crippen LogP contribution in [0.3, 0.4) is 0 Å². The Hall–Kier alpha value is -1.89. The molecule has 0 amide bonds. The van der Waals surface area contributed by atoms with Gasteiger partial charge in [-0.2, -0.15) is 0 Å². The summed E-state index contributed by atoms with van der Waals surface area (Å²) in [5.74, 6) is -1.68. The maximum absolute atomic E-state index is 12.0. The molecule has 1 N–H and O–H groups in total. The van der Waals surface area contributed by atoms with Crippen LogP contribution in [-0.4, -0.2) is 34.1 Å². The normalized spacial score (nSPS) is 13.5. The van der Waals surface area contributed by atoms with Crippen LogP contribution in [0.25, 0.3) is 5.65 Å². The van der Waals surface area contributed by atoms with E-state index >= 15 is 0 Å². The number of carboxylic acids is 1. The van der Waals surface area contributed by atoms with Crippen LogP contribution < -0.4 is 0 Å². The lowest BCUT2D eigenvalue weighted by Gasteiger charge is -2.09. The molecule has 2 heterocycles. The molecule has 7 heteroatoms. The van der Waals surface area contributed by atoms with Crippen LogP contribution in [0.2, 0.25) is 0 Å². The minimum atomic E-state index is -3.75. The van der Waals surface area contributed by atoms with Gasteiger partial charge in [-0.15, -0.1) is 0 Å². The maximum Gasteiger partial charge on any atom is 0.321 e. The van der Waals surface area contributed by atoms with Gasteiger partial charge in [0, 0.05) is 12.4 Å². The number of aromatic nitrogens is 2. The third kappa shape index (κ3) is 2.76. The SMILES string of the molecule is CCC(C(=O)O)S(=O)(=O)Cc1cn2ccccc2n1. The second kappa shape index (κ2) is 5.00. The van der Waals surface area contributed by atoms with E-state index in [0.717, 1.165) is 0 Å². The van der Waals surface area contributed by atoms with Crippen molar-refractivity contribution < 1.29 is 18.3 Å². The van der Waals surface area contributed by atoms with Crippen molar-refractivity contribution in [3.8, 4) is 0 Å². The van der Waals surface area contributed by atoms with Crippen molar-refractivity contribution in [2.75, 3.05) is 0 Å². The molecular weight excluding hydrogens is 268 g/mol. The average Bonchev–Trinajstić information content (AvgIpc) is 2.69. The fourth-order valence-electron chi connectivity index (χ4n) is 1.95. The van der Waals surface area contributed by atoms with Gasteiger partial charge in [0.1, 0.15) is 5.65 Å². The molecule has 1 atom stereocenters. The second-order valence-corrected chi connectivity index (χ2v) is 6.42. The van der Waals surface area contributed by atoms with E-state index in [4.69, 9.17) is 5.11 Å². The van der Waals surface area contributed by atoms with Crippen LogP contribution >= 0.6 is 0 Å². The van der Waals surface area contributed by atoms with E-state index in [9.17, 15) is 13.2 Å². The maximum atomic E-state index is 12.0. The summed E-state index contributed by atoms with van der Waals surface area (Å²) in [6.07, 6.45) is 3.40. The number of hydrogen-bond donors (Lipinski definition) is 1. The number of imidazole rings is 1. The molecule has 0 aromatic carbocycles. The smallest absolute Gasteiger partial charge is 0.321 e. The number of aliphatic carboxylic acids is 1. The molecule has 0 bridgehead atoms. The molecular formula is C12H14N2O4S. The lowest BCUT2D eigenvalue weighted by molar-refractivity contribution is -0.136. The van der Waals surface area contributed by atoms with Crippen molar-refractivity contribution in [3.05, 3.63) is 36.3 Å². The topological polar surface area (TPSA) is 88.7 Å². The highest BCUT2D eigenvalue weighted by molar-refractivity contribution is 7.92. The van der Waals surface area contributed by atoms with Crippen LogP contribution in [0.5, 0.6) is 0 Å². The monoisotopic (exact) mass is 282 g/mol. The number of pyridine rings is 1. The van der Waals surface area contributed by atoms with Crippen LogP contribution in [0, 0.1) is 0 Å². The standard InChI is InChI=1S/C12H14N2O4S/c1-2-10(12(15)16)19(17,18)8-9-7-14-6-4-3-5-11(14)13-9/h3-7,10H,2,8H2,1H3,(H,15,16). The molecule has 6 nitrogen and oxygen atoms in total. The molecule has 0 fully saturated rings. The summed E-state index contributed by atoms with van der Waals surface area (Å²) in [5.41, 5.74) is 0.988. The Morgan fingerprint density at radius 2 is 2.21 bits per heavy atom. The Morgan fingerprint density at radius 3 is 2.79 bits per heavy atom. The van der Waals surface area contributed by atoms with Gasteiger partial charge < -0.3 is 9.51 Å². The van der Waals surface area contributed by atoms with E-state index in [2.05, 4.69) is 4.98 Å². The molecule has 0 aliphatic rings. The summed E-state index contributed by atoms with van der Waals surface area (Å²) in [6.45, 7) is 1.54. The van der Waals surface area contributed by atoms with Crippen molar-refractivity contribution in [3.63, 3.8) is 0 Å². The Bertz CT molecular complexity index is 672. The summed E-state index contributed by atoms with van der Waals surface area (Å²) in [6, 6.07) is 5.36. The summed E-state index contributed by atoms with van der Waals surface area (Å²) in [5, 5.41) is 7.54. The first-order valence-electron chi connectivity index (χ1n) is 5.81. The van der Waals surface area contributed by atoms with Gasteiger partial charge in [0.2, 0.25) is 0 Å². The van der Waals surface area contributed by atoms with Crippen molar-refractivity contribution in [2.24, 2.45) is 0 Å². The number of sulfone groups is 1. The fourth-order valence-corrected chi connectivity index (χ4v) is 3.51. The molecule has 0 saturated carbocycles. The highest BCUT2D eigenvalue weighted by Gasteiger charge is 2.31. The molecule has 1 unspecified atom stereocenters. The van der Waals surface area contributed by atoms with Crippen molar-refractivity contribution in [1.82, 2.24) is 9.38 Å². The van der Waals surface area contributed by atoms with Gasteiger partial charge in [-0.1, -0.05) is 13.0 Å². The van der Waals surface area contributed by atoms with Gasteiger partial charge in [-0.05, 0) is 18.6 Å². The number of rotatable bonds is 5. The summed E-state index contributed by atoms with van der Waals surface area (Å²) in [4.78, 5) is 15.1. The number of hydrogen-bond acceptors (Lipinski definition) is 4. The van der Waals surface area contributed by atoms with Crippen LogP contribution in [0.4, 0.5) is 0 Å². The zero-order valence-corrected chi connectivity index (χ0v) is 11.2. The Morgan fingerprint density at radius 1 is 1.47 bits per heavy atom. The Kier molecular flexibility index (Phi) is 3.57. The quantitative estimate of drug-likeness (QED) is 0.887. The average molecular weight is 282 g/mol. The van der Waals surface area contributed by atoms with Gasteiger partial charge in [0.15, 0.2) is 15.1 Å². The largest absolute Gasteiger partial charge is 0.480 e. The molecule has 0 radical (unpaired) electrons. The molecule has 0 aliphatic heterocycles. The summed E-state index contributed by atoms with van der Waals surface area (Å²) >= 11 is 0. The van der Waals surface area contributed by atoms with Crippen molar-refractivity contribution in [1.29, 1.82) is 0 Å². The second-order valence-electron chi connectivity index (χ2n) is 4.24. The minimum Gasteiger partial charge on any atom is -0.480 e. The fraction of sp³-hybridized carbons (Fsp3) is 0.333. The summed E-state index contributed by atoms with van der Waals surface area (Å²) in [7, 11) is -3.75. The van der Waals surface area contributed by atoms with Gasteiger partial charge in [-0.3, -0.25) is 4.79 Å². The minimum absolute atomic E-state index is 0.0467.